The molecule has 0 saturated heterocycles. The number of benzene rings is 3. The first kappa shape index (κ1) is 14.6. The molecule has 3 aromatic rings. The third-order valence-electron chi connectivity index (χ3n) is 4.42. The summed E-state index contributed by atoms with van der Waals surface area (Å²) < 4.78 is 0. The monoisotopic (exact) mass is 286 g/mol. The second-order valence-corrected chi connectivity index (χ2v) is 6.31. The summed E-state index contributed by atoms with van der Waals surface area (Å²) in [6.07, 6.45) is 0.979. The minimum Gasteiger partial charge on any atom is -0.0622 e. The quantitative estimate of drug-likeness (QED) is 0.585. The van der Waals surface area contributed by atoms with Crippen LogP contribution in [-0.2, 0) is 11.8 Å². The van der Waals surface area contributed by atoms with E-state index < -0.39 is 0 Å². The summed E-state index contributed by atoms with van der Waals surface area (Å²) in [7, 11) is 0. The lowest BCUT2D eigenvalue weighted by Crippen LogP contribution is -2.21. The van der Waals surface area contributed by atoms with Crippen molar-refractivity contribution in [2.75, 3.05) is 0 Å². The van der Waals surface area contributed by atoms with Crippen molar-refractivity contribution in [2.24, 2.45) is 0 Å². The van der Waals surface area contributed by atoms with Gasteiger partial charge in [-0.25, -0.2) is 0 Å². The molecule has 0 bridgehead atoms. The Bertz CT molecular complexity index is 724. The van der Waals surface area contributed by atoms with Gasteiger partial charge in [0.1, 0.15) is 0 Å². The van der Waals surface area contributed by atoms with Crippen LogP contribution in [0.1, 0.15) is 36.1 Å². The minimum atomic E-state index is 0.00658. The Morgan fingerprint density at radius 1 is 0.636 bits per heavy atom. The van der Waals surface area contributed by atoms with Gasteiger partial charge in [0.2, 0.25) is 0 Å². The van der Waals surface area contributed by atoms with E-state index in [-0.39, 0.29) is 5.41 Å². The second-order valence-electron chi connectivity index (χ2n) is 6.31. The molecule has 0 aromatic heterocycles. The molecule has 0 aliphatic rings. The molecule has 0 unspecified atom stereocenters. The van der Waals surface area contributed by atoms with E-state index in [2.05, 4.69) is 98.8 Å². The van der Waals surface area contributed by atoms with Crippen molar-refractivity contribution in [1.82, 2.24) is 0 Å². The first-order chi connectivity index (χ1) is 10.7. The third-order valence-corrected chi connectivity index (χ3v) is 4.42. The van der Waals surface area contributed by atoms with Gasteiger partial charge in [-0.05, 0) is 28.7 Å². The van der Waals surface area contributed by atoms with Crippen molar-refractivity contribution in [3.63, 3.8) is 0 Å². The minimum absolute atomic E-state index is 0.00658. The fourth-order valence-electron chi connectivity index (χ4n) is 3.11. The van der Waals surface area contributed by atoms with Crippen LogP contribution in [0.2, 0.25) is 0 Å². The maximum atomic E-state index is 2.31. The van der Waals surface area contributed by atoms with Gasteiger partial charge < -0.3 is 0 Å². The first-order valence-electron chi connectivity index (χ1n) is 7.86. The first-order valence-corrected chi connectivity index (χ1v) is 7.86. The smallest absolute Gasteiger partial charge is 0.0149 e. The highest BCUT2D eigenvalue weighted by Crippen LogP contribution is 2.34. The maximum absolute atomic E-state index is 2.31. The summed E-state index contributed by atoms with van der Waals surface area (Å²) in [6.45, 7) is 4.62. The Hall–Kier alpha value is -2.34. The van der Waals surface area contributed by atoms with Gasteiger partial charge in [0.05, 0.1) is 0 Å². The highest BCUT2D eigenvalue weighted by atomic mass is 14.3. The lowest BCUT2D eigenvalue weighted by molar-refractivity contribution is 0.633. The third kappa shape index (κ3) is 2.96. The van der Waals surface area contributed by atoms with Crippen molar-refractivity contribution in [3.05, 3.63) is 107 Å². The van der Waals surface area contributed by atoms with Gasteiger partial charge in [-0.3, -0.25) is 0 Å². The summed E-state index contributed by atoms with van der Waals surface area (Å²) >= 11 is 0. The molecule has 0 radical (unpaired) electrons. The SMILES string of the molecule is CC(C)(c1ccccc1)c1ccccc1Cc1ccccc1. The van der Waals surface area contributed by atoms with Crippen LogP contribution in [0.3, 0.4) is 0 Å². The molecule has 22 heavy (non-hydrogen) atoms. The van der Waals surface area contributed by atoms with Gasteiger partial charge in [0.15, 0.2) is 0 Å². The Balaban J connectivity index is 2.01. The molecule has 0 saturated carbocycles. The van der Waals surface area contributed by atoms with Crippen molar-refractivity contribution >= 4 is 0 Å². The van der Waals surface area contributed by atoms with Crippen LogP contribution < -0.4 is 0 Å². The molecule has 0 aliphatic heterocycles. The predicted molar refractivity (Wildman–Crippen MR) is 94.3 cm³/mol. The molecular weight excluding hydrogens is 264 g/mol. The summed E-state index contributed by atoms with van der Waals surface area (Å²) in [6, 6.07) is 30.3. The van der Waals surface area contributed by atoms with Crippen LogP contribution in [-0.4, -0.2) is 0 Å². The molecule has 0 amide bonds. The Labute approximate surface area is 133 Å². The predicted octanol–water partition coefficient (Wildman–Crippen LogP) is 5.60. The highest BCUT2D eigenvalue weighted by molar-refractivity contribution is 5.44. The molecule has 110 valence electrons. The number of hydrogen-bond donors (Lipinski definition) is 0. The molecule has 0 heteroatoms. The summed E-state index contributed by atoms with van der Waals surface area (Å²) in [4.78, 5) is 0. The van der Waals surface area contributed by atoms with Crippen molar-refractivity contribution in [1.29, 1.82) is 0 Å². The van der Waals surface area contributed by atoms with E-state index >= 15 is 0 Å². The van der Waals surface area contributed by atoms with Crippen LogP contribution in [0.15, 0.2) is 84.9 Å². The van der Waals surface area contributed by atoms with Crippen LogP contribution in [0, 0.1) is 0 Å². The zero-order valence-electron chi connectivity index (χ0n) is 13.3. The normalized spacial score (nSPS) is 11.4. The summed E-state index contributed by atoms with van der Waals surface area (Å²) in [5.74, 6) is 0. The van der Waals surface area contributed by atoms with Crippen molar-refractivity contribution in [3.8, 4) is 0 Å². The number of hydrogen-bond acceptors (Lipinski definition) is 0. The molecule has 0 heterocycles. The Morgan fingerprint density at radius 2 is 1.18 bits per heavy atom. The molecular formula is C22H22. The largest absolute Gasteiger partial charge is 0.0622 e. The fourth-order valence-corrected chi connectivity index (χ4v) is 3.11. The average molecular weight is 286 g/mol. The maximum Gasteiger partial charge on any atom is 0.0149 e. The van der Waals surface area contributed by atoms with Gasteiger partial charge >= 0.3 is 0 Å². The van der Waals surface area contributed by atoms with E-state index in [1.165, 1.54) is 22.3 Å². The molecule has 0 spiro atoms. The molecule has 0 aliphatic carbocycles. The van der Waals surface area contributed by atoms with E-state index in [9.17, 15) is 0 Å². The van der Waals surface area contributed by atoms with E-state index in [4.69, 9.17) is 0 Å². The van der Waals surface area contributed by atoms with Crippen molar-refractivity contribution in [2.45, 2.75) is 25.7 Å². The molecule has 0 N–H and O–H groups in total. The lowest BCUT2D eigenvalue weighted by atomic mass is 9.75. The summed E-state index contributed by atoms with van der Waals surface area (Å²) in [5.41, 5.74) is 5.54. The molecule has 0 fully saturated rings. The second kappa shape index (κ2) is 6.19. The molecule has 3 aromatic carbocycles. The highest BCUT2D eigenvalue weighted by Gasteiger charge is 2.25. The van der Waals surface area contributed by atoms with Gasteiger partial charge in [-0.1, -0.05) is 98.8 Å². The topological polar surface area (TPSA) is 0 Å². The van der Waals surface area contributed by atoms with E-state index in [1.54, 1.807) is 0 Å². The lowest BCUT2D eigenvalue weighted by Gasteiger charge is -2.28. The average Bonchev–Trinajstić information content (AvgIpc) is 2.57. The standard InChI is InChI=1S/C22H22/c1-22(2,20-14-7-4-8-15-20)21-16-10-9-13-19(21)17-18-11-5-3-6-12-18/h3-16H,17H2,1-2H3. The molecule has 0 atom stereocenters. The zero-order valence-corrected chi connectivity index (χ0v) is 13.3. The van der Waals surface area contributed by atoms with Gasteiger partial charge in [0.25, 0.3) is 0 Å². The number of rotatable bonds is 4. The van der Waals surface area contributed by atoms with Crippen LogP contribution >= 0.6 is 0 Å². The summed E-state index contributed by atoms with van der Waals surface area (Å²) in [5, 5.41) is 0. The van der Waals surface area contributed by atoms with Crippen LogP contribution in [0.4, 0.5) is 0 Å². The Kier molecular flexibility index (Phi) is 4.11. The zero-order chi connectivity index (χ0) is 15.4. The van der Waals surface area contributed by atoms with E-state index in [0.29, 0.717) is 0 Å². The van der Waals surface area contributed by atoms with Crippen molar-refractivity contribution < 1.29 is 0 Å². The van der Waals surface area contributed by atoms with Crippen LogP contribution in [0.5, 0.6) is 0 Å². The van der Waals surface area contributed by atoms with E-state index in [1.807, 2.05) is 0 Å². The molecule has 0 nitrogen and oxygen atoms in total. The van der Waals surface area contributed by atoms with Gasteiger partial charge in [-0.15, -0.1) is 0 Å². The Morgan fingerprint density at radius 3 is 1.86 bits per heavy atom. The van der Waals surface area contributed by atoms with Gasteiger partial charge in [-0.2, -0.15) is 0 Å². The fraction of sp³-hybridized carbons (Fsp3) is 0.182. The van der Waals surface area contributed by atoms with Crippen LogP contribution in [0.25, 0.3) is 0 Å². The van der Waals surface area contributed by atoms with E-state index in [0.717, 1.165) is 6.42 Å². The molecule has 3 rings (SSSR count). The van der Waals surface area contributed by atoms with Gasteiger partial charge in [0, 0.05) is 5.41 Å².